The smallest absolute Gasteiger partial charge is 0.204 e. The Morgan fingerprint density at radius 2 is 2.24 bits per heavy atom. The quantitative estimate of drug-likeness (QED) is 0.835. The molecule has 94 valence electrons. The molecule has 1 saturated heterocycles. The maximum atomic E-state index is 5.77. The van der Waals surface area contributed by atoms with E-state index in [2.05, 4.69) is 14.9 Å². The summed E-state index contributed by atoms with van der Waals surface area (Å²) in [6.07, 6.45) is 3.86. The first kappa shape index (κ1) is 11.9. The van der Waals surface area contributed by atoms with Gasteiger partial charge in [-0.05, 0) is 12.8 Å². The minimum absolute atomic E-state index is 0.240. The van der Waals surface area contributed by atoms with Crippen molar-refractivity contribution in [3.8, 4) is 5.75 Å². The van der Waals surface area contributed by atoms with Crippen LogP contribution in [0.25, 0.3) is 0 Å². The molecule has 6 nitrogen and oxygen atoms in total. The van der Waals surface area contributed by atoms with Gasteiger partial charge >= 0.3 is 0 Å². The first-order valence-electron chi connectivity index (χ1n) is 5.68. The number of ether oxygens (including phenoxy) is 2. The molecule has 0 aromatic carbocycles. The number of piperidine rings is 1. The molecule has 0 aliphatic carbocycles. The van der Waals surface area contributed by atoms with Crippen LogP contribution in [0.3, 0.4) is 0 Å². The molecule has 0 spiro atoms. The molecule has 2 heterocycles. The number of hydrogen-bond donors (Lipinski definition) is 1. The van der Waals surface area contributed by atoms with Crippen molar-refractivity contribution in [2.24, 2.45) is 0 Å². The number of methoxy groups -OCH3 is 2. The standard InChI is InChI=1S/C11H18N4O2/c1-16-8-4-3-5-15(6-8)11-9(17-2)10(12)13-7-14-11/h7-8H,3-6H2,1-2H3,(H2,12,13,14). The third-order valence-corrected chi connectivity index (χ3v) is 3.03. The monoisotopic (exact) mass is 238 g/mol. The van der Waals surface area contributed by atoms with Crippen LogP contribution in [-0.4, -0.2) is 43.4 Å². The molecule has 1 fully saturated rings. The van der Waals surface area contributed by atoms with Crippen molar-refractivity contribution in [1.29, 1.82) is 0 Å². The van der Waals surface area contributed by atoms with E-state index in [1.54, 1.807) is 14.2 Å². The van der Waals surface area contributed by atoms with Crippen LogP contribution in [0.2, 0.25) is 0 Å². The highest BCUT2D eigenvalue weighted by Crippen LogP contribution is 2.31. The van der Waals surface area contributed by atoms with Crippen molar-refractivity contribution in [3.05, 3.63) is 6.33 Å². The second-order valence-corrected chi connectivity index (χ2v) is 4.06. The molecule has 1 aliphatic heterocycles. The van der Waals surface area contributed by atoms with E-state index >= 15 is 0 Å². The average Bonchev–Trinajstić information content (AvgIpc) is 2.38. The Bertz CT molecular complexity index is 386. The number of aromatic nitrogens is 2. The number of rotatable bonds is 3. The van der Waals surface area contributed by atoms with Gasteiger partial charge in [0, 0.05) is 20.2 Å². The highest BCUT2D eigenvalue weighted by molar-refractivity contribution is 5.62. The van der Waals surface area contributed by atoms with E-state index in [1.807, 2.05) is 0 Å². The Labute approximate surface area is 101 Å². The fourth-order valence-corrected chi connectivity index (χ4v) is 2.12. The molecule has 0 bridgehead atoms. The zero-order valence-electron chi connectivity index (χ0n) is 10.2. The van der Waals surface area contributed by atoms with Crippen LogP contribution in [0.5, 0.6) is 5.75 Å². The molecule has 1 unspecified atom stereocenters. The summed E-state index contributed by atoms with van der Waals surface area (Å²) in [6.45, 7) is 1.75. The van der Waals surface area contributed by atoms with E-state index in [0.717, 1.165) is 31.7 Å². The van der Waals surface area contributed by atoms with E-state index in [9.17, 15) is 0 Å². The average molecular weight is 238 g/mol. The second kappa shape index (κ2) is 5.18. The van der Waals surface area contributed by atoms with Crippen LogP contribution in [-0.2, 0) is 4.74 Å². The van der Waals surface area contributed by atoms with Gasteiger partial charge in [0.15, 0.2) is 11.6 Å². The van der Waals surface area contributed by atoms with Gasteiger partial charge in [-0.3, -0.25) is 0 Å². The summed E-state index contributed by atoms with van der Waals surface area (Å²) in [5, 5.41) is 0. The summed E-state index contributed by atoms with van der Waals surface area (Å²) in [7, 11) is 3.32. The van der Waals surface area contributed by atoms with Gasteiger partial charge in [-0.15, -0.1) is 0 Å². The molecular formula is C11H18N4O2. The summed E-state index contributed by atoms with van der Waals surface area (Å²) in [4.78, 5) is 10.3. The van der Waals surface area contributed by atoms with E-state index < -0.39 is 0 Å². The molecular weight excluding hydrogens is 220 g/mol. The third-order valence-electron chi connectivity index (χ3n) is 3.03. The number of nitrogens with zero attached hydrogens (tertiary/aromatic N) is 3. The van der Waals surface area contributed by atoms with Crippen LogP contribution in [0.1, 0.15) is 12.8 Å². The summed E-state index contributed by atoms with van der Waals surface area (Å²) < 4.78 is 10.7. The number of anilines is 2. The maximum Gasteiger partial charge on any atom is 0.204 e. The third kappa shape index (κ3) is 2.41. The zero-order chi connectivity index (χ0) is 12.3. The molecule has 0 amide bonds. The second-order valence-electron chi connectivity index (χ2n) is 4.06. The lowest BCUT2D eigenvalue weighted by atomic mass is 10.1. The van der Waals surface area contributed by atoms with Crippen molar-refractivity contribution >= 4 is 11.6 Å². The van der Waals surface area contributed by atoms with Crippen molar-refractivity contribution < 1.29 is 9.47 Å². The van der Waals surface area contributed by atoms with Crippen LogP contribution < -0.4 is 15.4 Å². The topological polar surface area (TPSA) is 73.5 Å². The summed E-state index contributed by atoms with van der Waals surface area (Å²) >= 11 is 0. The van der Waals surface area contributed by atoms with Gasteiger partial charge in [-0.2, -0.15) is 0 Å². The molecule has 2 rings (SSSR count). The van der Waals surface area contributed by atoms with E-state index in [1.165, 1.54) is 6.33 Å². The number of nitrogens with two attached hydrogens (primary N) is 1. The molecule has 1 aromatic rings. The van der Waals surface area contributed by atoms with Crippen molar-refractivity contribution in [2.45, 2.75) is 18.9 Å². The van der Waals surface area contributed by atoms with E-state index in [4.69, 9.17) is 15.2 Å². The fraction of sp³-hybridized carbons (Fsp3) is 0.636. The Hall–Kier alpha value is -1.56. The van der Waals surface area contributed by atoms with Crippen LogP contribution >= 0.6 is 0 Å². The molecule has 2 N–H and O–H groups in total. The highest BCUT2D eigenvalue weighted by atomic mass is 16.5. The molecule has 1 aromatic heterocycles. The highest BCUT2D eigenvalue weighted by Gasteiger charge is 2.24. The first-order chi connectivity index (χ1) is 8.26. The Morgan fingerprint density at radius 3 is 2.94 bits per heavy atom. The Kier molecular flexibility index (Phi) is 3.63. The minimum atomic E-state index is 0.240. The summed E-state index contributed by atoms with van der Waals surface area (Å²) in [5.74, 6) is 1.67. The first-order valence-corrected chi connectivity index (χ1v) is 5.68. The SMILES string of the molecule is COc1c(N)ncnc1N1CCCC(OC)C1. The molecule has 1 aliphatic rings. The molecule has 6 heteroatoms. The predicted molar refractivity (Wildman–Crippen MR) is 65.2 cm³/mol. The van der Waals surface area contributed by atoms with E-state index in [-0.39, 0.29) is 6.10 Å². The molecule has 0 saturated carbocycles. The Balaban J connectivity index is 2.24. The van der Waals surface area contributed by atoms with E-state index in [0.29, 0.717) is 11.6 Å². The van der Waals surface area contributed by atoms with Gasteiger partial charge in [0.2, 0.25) is 5.75 Å². The lowest BCUT2D eigenvalue weighted by Crippen LogP contribution is -2.40. The van der Waals surface area contributed by atoms with Crippen molar-refractivity contribution in [1.82, 2.24) is 9.97 Å². The summed E-state index contributed by atoms with van der Waals surface area (Å²) in [6, 6.07) is 0. The van der Waals surface area contributed by atoms with Crippen LogP contribution in [0.15, 0.2) is 6.33 Å². The van der Waals surface area contributed by atoms with Gasteiger partial charge in [0.1, 0.15) is 6.33 Å². The number of nitrogen functional groups attached to an aromatic ring is 1. The normalized spacial score (nSPS) is 20.4. The fourth-order valence-electron chi connectivity index (χ4n) is 2.12. The van der Waals surface area contributed by atoms with Crippen molar-refractivity contribution in [2.75, 3.05) is 37.9 Å². The maximum absolute atomic E-state index is 5.77. The lowest BCUT2D eigenvalue weighted by molar-refractivity contribution is 0.0890. The van der Waals surface area contributed by atoms with Gasteiger partial charge in [-0.25, -0.2) is 9.97 Å². The minimum Gasteiger partial charge on any atom is -0.490 e. The molecule has 17 heavy (non-hydrogen) atoms. The van der Waals surface area contributed by atoms with Gasteiger partial charge in [0.05, 0.1) is 13.2 Å². The predicted octanol–water partition coefficient (Wildman–Crippen LogP) is 0.683. The van der Waals surface area contributed by atoms with Gasteiger partial charge in [0.25, 0.3) is 0 Å². The van der Waals surface area contributed by atoms with Crippen LogP contribution in [0, 0.1) is 0 Å². The molecule has 1 atom stereocenters. The number of hydrogen-bond acceptors (Lipinski definition) is 6. The summed E-state index contributed by atoms with van der Waals surface area (Å²) in [5.41, 5.74) is 5.77. The zero-order valence-corrected chi connectivity index (χ0v) is 10.2. The van der Waals surface area contributed by atoms with Gasteiger partial charge in [-0.1, -0.05) is 0 Å². The molecule has 0 radical (unpaired) electrons. The van der Waals surface area contributed by atoms with Gasteiger partial charge < -0.3 is 20.1 Å². The van der Waals surface area contributed by atoms with Crippen LogP contribution in [0.4, 0.5) is 11.6 Å². The lowest BCUT2D eigenvalue weighted by Gasteiger charge is -2.33. The largest absolute Gasteiger partial charge is 0.490 e. The Morgan fingerprint density at radius 1 is 1.41 bits per heavy atom. The van der Waals surface area contributed by atoms with Crippen molar-refractivity contribution in [3.63, 3.8) is 0 Å².